The Labute approximate surface area is 114 Å². The van der Waals surface area contributed by atoms with Gasteiger partial charge in [0.25, 0.3) is 0 Å². The Kier molecular flexibility index (Phi) is 4.11. The molecule has 0 aliphatic heterocycles. The summed E-state index contributed by atoms with van der Waals surface area (Å²) in [5, 5.41) is 13.4. The van der Waals surface area contributed by atoms with Gasteiger partial charge in [0.05, 0.1) is 4.92 Å². The molecule has 1 atom stereocenters. The van der Waals surface area contributed by atoms with Crippen LogP contribution in [0.15, 0.2) is 24.3 Å². The fourth-order valence-corrected chi connectivity index (χ4v) is 2.07. The highest BCUT2D eigenvalue weighted by atomic mass is 35.5. The van der Waals surface area contributed by atoms with Gasteiger partial charge in [-0.05, 0) is 25.3 Å². The van der Waals surface area contributed by atoms with Crippen molar-refractivity contribution in [3.8, 4) is 0 Å². The van der Waals surface area contributed by atoms with Crippen LogP contribution in [0, 0.1) is 16.0 Å². The highest BCUT2D eigenvalue weighted by Crippen LogP contribution is 2.26. The number of pyridine rings is 1. The second kappa shape index (κ2) is 5.79. The number of hydrogen-bond donors (Lipinski definition) is 1. The summed E-state index contributed by atoms with van der Waals surface area (Å²) in [6.07, 6.45) is 6.16. The lowest BCUT2D eigenvalue weighted by molar-refractivity contribution is -0.384. The summed E-state index contributed by atoms with van der Waals surface area (Å²) < 4.78 is 0. The minimum absolute atomic E-state index is 0.1000. The van der Waals surface area contributed by atoms with E-state index in [2.05, 4.69) is 10.3 Å². The summed E-state index contributed by atoms with van der Waals surface area (Å²) in [7, 11) is 0. The molecule has 1 aliphatic carbocycles. The van der Waals surface area contributed by atoms with Crippen molar-refractivity contribution in [1.29, 1.82) is 0 Å². The molecule has 1 aromatic rings. The number of hydrogen-bond acceptors (Lipinski definition) is 4. The van der Waals surface area contributed by atoms with Crippen LogP contribution in [-0.4, -0.2) is 15.8 Å². The van der Waals surface area contributed by atoms with Crippen LogP contribution in [0.4, 0.5) is 11.5 Å². The SMILES string of the molecule is O=C(Nc1nc(Cl)ccc1[N+](=O)[O-])C1CC=CCC1. The molecule has 0 radical (unpaired) electrons. The molecule has 1 unspecified atom stereocenters. The number of carbonyl (C=O) groups excluding carboxylic acids is 1. The van der Waals surface area contributed by atoms with Gasteiger partial charge in [0.15, 0.2) is 0 Å². The summed E-state index contributed by atoms with van der Waals surface area (Å²) in [6.45, 7) is 0. The van der Waals surface area contributed by atoms with Crippen molar-refractivity contribution < 1.29 is 9.72 Å². The molecule has 0 fully saturated rings. The molecule has 0 aromatic carbocycles. The minimum atomic E-state index is -0.598. The number of amides is 1. The van der Waals surface area contributed by atoms with Crippen molar-refractivity contribution in [3.05, 3.63) is 39.6 Å². The van der Waals surface area contributed by atoms with Crippen LogP contribution in [0.1, 0.15) is 19.3 Å². The third-order valence-electron chi connectivity index (χ3n) is 2.92. The van der Waals surface area contributed by atoms with Gasteiger partial charge in [-0.3, -0.25) is 14.9 Å². The second-order valence-corrected chi connectivity index (χ2v) is 4.62. The monoisotopic (exact) mass is 281 g/mol. The Hall–Kier alpha value is -1.95. The average molecular weight is 282 g/mol. The molecule has 0 saturated heterocycles. The molecule has 1 heterocycles. The zero-order chi connectivity index (χ0) is 13.8. The number of nitro groups is 1. The first-order valence-corrected chi connectivity index (χ1v) is 6.22. The van der Waals surface area contributed by atoms with Gasteiger partial charge in [-0.1, -0.05) is 23.8 Å². The summed E-state index contributed by atoms with van der Waals surface area (Å²) >= 11 is 5.69. The van der Waals surface area contributed by atoms with Crippen LogP contribution in [0.5, 0.6) is 0 Å². The van der Waals surface area contributed by atoms with Crippen molar-refractivity contribution in [2.75, 3.05) is 5.32 Å². The molecule has 1 amide bonds. The Balaban J connectivity index is 2.17. The zero-order valence-corrected chi connectivity index (χ0v) is 10.8. The zero-order valence-electron chi connectivity index (χ0n) is 10.0. The number of anilines is 1. The van der Waals surface area contributed by atoms with Crippen LogP contribution in [0.25, 0.3) is 0 Å². The highest BCUT2D eigenvalue weighted by molar-refractivity contribution is 6.29. The van der Waals surface area contributed by atoms with Gasteiger partial charge in [0.1, 0.15) is 5.15 Å². The van der Waals surface area contributed by atoms with Gasteiger partial charge in [0.2, 0.25) is 11.7 Å². The van der Waals surface area contributed by atoms with Gasteiger partial charge in [-0.2, -0.15) is 0 Å². The number of rotatable bonds is 3. The molecule has 2 rings (SSSR count). The number of nitrogens with zero attached hydrogens (tertiary/aromatic N) is 2. The maximum atomic E-state index is 12.0. The Bertz CT molecular complexity index is 545. The predicted octanol–water partition coefficient (Wildman–Crippen LogP) is 2.94. The molecule has 1 aromatic heterocycles. The molecule has 1 N–H and O–H groups in total. The summed E-state index contributed by atoms with van der Waals surface area (Å²) in [4.78, 5) is 26.1. The van der Waals surface area contributed by atoms with Crippen LogP contribution in [0.2, 0.25) is 5.15 Å². The molecule has 6 nitrogen and oxygen atoms in total. The van der Waals surface area contributed by atoms with Crippen molar-refractivity contribution in [3.63, 3.8) is 0 Å². The van der Waals surface area contributed by atoms with E-state index in [1.165, 1.54) is 12.1 Å². The van der Waals surface area contributed by atoms with Crippen LogP contribution in [-0.2, 0) is 4.79 Å². The molecular weight excluding hydrogens is 270 g/mol. The van der Waals surface area contributed by atoms with Gasteiger partial charge in [-0.25, -0.2) is 4.98 Å². The van der Waals surface area contributed by atoms with Gasteiger partial charge < -0.3 is 5.32 Å². The number of allylic oxidation sites excluding steroid dienone is 2. The smallest absolute Gasteiger partial charge is 0.305 e. The third kappa shape index (κ3) is 3.29. The van der Waals surface area contributed by atoms with Gasteiger partial charge >= 0.3 is 5.69 Å². The predicted molar refractivity (Wildman–Crippen MR) is 71.0 cm³/mol. The topological polar surface area (TPSA) is 85.1 Å². The second-order valence-electron chi connectivity index (χ2n) is 4.23. The first kappa shape index (κ1) is 13.5. The lowest BCUT2D eigenvalue weighted by atomic mass is 9.94. The molecular formula is C12H12ClN3O3. The Morgan fingerprint density at radius 1 is 1.47 bits per heavy atom. The normalized spacial score (nSPS) is 18.1. The van der Waals surface area contributed by atoms with Gasteiger partial charge in [0, 0.05) is 12.0 Å². The lowest BCUT2D eigenvalue weighted by Gasteiger charge is -2.16. The highest BCUT2D eigenvalue weighted by Gasteiger charge is 2.23. The number of halogens is 1. The fraction of sp³-hybridized carbons (Fsp3) is 0.333. The number of nitrogens with one attached hydrogen (secondary N) is 1. The Morgan fingerprint density at radius 2 is 2.26 bits per heavy atom. The molecule has 1 aliphatic rings. The summed E-state index contributed by atoms with van der Waals surface area (Å²) in [5.74, 6) is -0.537. The maximum Gasteiger partial charge on any atom is 0.311 e. The summed E-state index contributed by atoms with van der Waals surface area (Å²) in [6, 6.07) is 2.55. The quantitative estimate of drug-likeness (QED) is 0.399. The average Bonchev–Trinajstić information content (AvgIpc) is 2.39. The number of carbonyl (C=O) groups is 1. The van der Waals surface area contributed by atoms with Crippen molar-refractivity contribution in [1.82, 2.24) is 4.98 Å². The number of aromatic nitrogens is 1. The van der Waals surface area contributed by atoms with E-state index in [0.29, 0.717) is 6.42 Å². The standard InChI is InChI=1S/C12H12ClN3O3/c13-10-7-6-9(16(18)19)11(14-10)15-12(17)8-4-2-1-3-5-8/h1-2,6-8H,3-5H2,(H,14,15,17). The van der Waals surface area contributed by atoms with Crippen molar-refractivity contribution >= 4 is 29.0 Å². The molecule has 7 heteroatoms. The van der Waals surface area contributed by atoms with Crippen molar-refractivity contribution in [2.24, 2.45) is 5.92 Å². The van der Waals surface area contributed by atoms with E-state index < -0.39 is 4.92 Å². The van der Waals surface area contributed by atoms with Crippen molar-refractivity contribution in [2.45, 2.75) is 19.3 Å². The maximum absolute atomic E-state index is 12.0. The van der Waals surface area contributed by atoms with E-state index >= 15 is 0 Å². The molecule has 0 spiro atoms. The molecule has 19 heavy (non-hydrogen) atoms. The Morgan fingerprint density at radius 3 is 2.89 bits per heavy atom. The third-order valence-corrected chi connectivity index (χ3v) is 3.13. The van der Waals surface area contributed by atoms with E-state index in [0.717, 1.165) is 12.8 Å². The molecule has 0 saturated carbocycles. The van der Waals surface area contributed by atoms with E-state index in [4.69, 9.17) is 11.6 Å². The lowest BCUT2D eigenvalue weighted by Crippen LogP contribution is -2.24. The van der Waals surface area contributed by atoms with Gasteiger partial charge in [-0.15, -0.1) is 0 Å². The van der Waals surface area contributed by atoms with Crippen LogP contribution < -0.4 is 5.32 Å². The first-order chi connectivity index (χ1) is 9.08. The minimum Gasteiger partial charge on any atom is -0.305 e. The van der Waals surface area contributed by atoms with E-state index in [1.54, 1.807) is 0 Å². The van der Waals surface area contributed by atoms with E-state index in [-0.39, 0.29) is 28.5 Å². The van der Waals surface area contributed by atoms with E-state index in [9.17, 15) is 14.9 Å². The van der Waals surface area contributed by atoms with Crippen LogP contribution in [0.3, 0.4) is 0 Å². The summed E-state index contributed by atoms with van der Waals surface area (Å²) in [5.41, 5.74) is -0.260. The fourth-order valence-electron chi connectivity index (χ4n) is 1.92. The first-order valence-electron chi connectivity index (χ1n) is 5.84. The largest absolute Gasteiger partial charge is 0.311 e. The molecule has 100 valence electrons. The van der Waals surface area contributed by atoms with E-state index in [1.807, 2.05) is 12.2 Å². The molecule has 0 bridgehead atoms. The van der Waals surface area contributed by atoms with Crippen LogP contribution >= 0.6 is 11.6 Å².